The summed E-state index contributed by atoms with van der Waals surface area (Å²) in [6.07, 6.45) is 0.558. The standard InChI is InChI=1S/C26H29N3O5/c1-16-15-17(11-12-20(16)34-5)22(30)21-23(31)24(32)29(14-8-13-27(2)3)26(21)18-9-6-7-10-19(18)28(4)25(26)33/h6-7,9-12,15,30H,8,13-14H2,1-5H3/b22-21+. The Morgan fingerprint density at radius 1 is 1.12 bits per heavy atom. The van der Waals surface area contributed by atoms with E-state index in [9.17, 15) is 19.5 Å². The second-order valence-corrected chi connectivity index (χ2v) is 8.94. The van der Waals surface area contributed by atoms with E-state index < -0.39 is 23.1 Å². The number of hydrogen-bond acceptors (Lipinski definition) is 6. The summed E-state index contributed by atoms with van der Waals surface area (Å²) in [7, 11) is 7.00. The van der Waals surface area contributed by atoms with Crippen LogP contribution in [0.5, 0.6) is 5.75 Å². The van der Waals surface area contributed by atoms with Gasteiger partial charge in [0.2, 0.25) is 0 Å². The predicted molar refractivity (Wildman–Crippen MR) is 129 cm³/mol. The van der Waals surface area contributed by atoms with Gasteiger partial charge >= 0.3 is 0 Å². The molecule has 1 N–H and O–H groups in total. The molecular formula is C26H29N3O5. The van der Waals surface area contributed by atoms with Gasteiger partial charge in [0.15, 0.2) is 5.54 Å². The fraction of sp³-hybridized carbons (Fsp3) is 0.346. The molecule has 1 spiro atoms. The molecule has 2 aromatic carbocycles. The first-order chi connectivity index (χ1) is 16.2. The van der Waals surface area contributed by atoms with Crippen molar-refractivity contribution in [1.82, 2.24) is 9.80 Å². The number of fused-ring (bicyclic) bond motifs is 2. The van der Waals surface area contributed by atoms with Gasteiger partial charge in [-0.3, -0.25) is 14.4 Å². The largest absolute Gasteiger partial charge is 0.507 e. The quantitative estimate of drug-likeness (QED) is 0.402. The van der Waals surface area contributed by atoms with E-state index in [2.05, 4.69) is 0 Å². The van der Waals surface area contributed by atoms with Gasteiger partial charge < -0.3 is 24.5 Å². The number of rotatable bonds is 6. The van der Waals surface area contributed by atoms with Gasteiger partial charge in [0.25, 0.3) is 17.6 Å². The van der Waals surface area contributed by atoms with Gasteiger partial charge in [-0.2, -0.15) is 0 Å². The third kappa shape index (κ3) is 3.28. The Kier molecular flexibility index (Phi) is 5.95. The van der Waals surface area contributed by atoms with Gasteiger partial charge in [-0.25, -0.2) is 0 Å². The third-order valence-electron chi connectivity index (χ3n) is 6.59. The van der Waals surface area contributed by atoms with Gasteiger partial charge in [0.1, 0.15) is 11.5 Å². The molecule has 2 aliphatic heterocycles. The topological polar surface area (TPSA) is 90.4 Å². The highest BCUT2D eigenvalue weighted by Crippen LogP contribution is 2.53. The van der Waals surface area contributed by atoms with Crippen LogP contribution in [-0.2, 0) is 19.9 Å². The van der Waals surface area contributed by atoms with Crippen LogP contribution in [0.15, 0.2) is 48.0 Å². The maximum absolute atomic E-state index is 13.9. The summed E-state index contributed by atoms with van der Waals surface area (Å²) >= 11 is 0. The average molecular weight is 464 g/mol. The summed E-state index contributed by atoms with van der Waals surface area (Å²) in [5, 5.41) is 11.4. The van der Waals surface area contributed by atoms with E-state index in [0.717, 1.165) is 5.56 Å². The zero-order valence-electron chi connectivity index (χ0n) is 20.1. The molecule has 2 aromatic rings. The molecule has 4 rings (SSSR count). The van der Waals surface area contributed by atoms with E-state index in [1.165, 1.54) is 9.80 Å². The minimum atomic E-state index is -1.72. The van der Waals surface area contributed by atoms with Gasteiger partial charge in [0.05, 0.1) is 12.7 Å². The Morgan fingerprint density at radius 3 is 2.47 bits per heavy atom. The number of carbonyl (C=O) groups is 3. The van der Waals surface area contributed by atoms with Crippen LogP contribution in [0.3, 0.4) is 0 Å². The number of methoxy groups -OCH3 is 1. The molecular weight excluding hydrogens is 434 g/mol. The fourth-order valence-electron chi connectivity index (χ4n) is 4.99. The van der Waals surface area contributed by atoms with Gasteiger partial charge in [-0.1, -0.05) is 18.2 Å². The van der Waals surface area contributed by atoms with Crippen molar-refractivity contribution in [2.75, 3.05) is 46.2 Å². The smallest absolute Gasteiger partial charge is 0.296 e. The zero-order valence-corrected chi connectivity index (χ0v) is 20.1. The van der Waals surface area contributed by atoms with Gasteiger partial charge in [-0.05, 0) is 63.8 Å². The minimum Gasteiger partial charge on any atom is -0.507 e. The maximum Gasteiger partial charge on any atom is 0.296 e. The summed E-state index contributed by atoms with van der Waals surface area (Å²) in [5.41, 5.74) is 0.278. The Labute approximate surface area is 199 Å². The molecule has 1 atom stereocenters. The minimum absolute atomic E-state index is 0.190. The molecule has 2 heterocycles. The lowest BCUT2D eigenvalue weighted by Gasteiger charge is -2.34. The van der Waals surface area contributed by atoms with Crippen LogP contribution in [0.4, 0.5) is 5.69 Å². The predicted octanol–water partition coefficient (Wildman–Crippen LogP) is 2.51. The van der Waals surface area contributed by atoms with Crippen molar-refractivity contribution in [3.63, 3.8) is 0 Å². The molecule has 2 amide bonds. The van der Waals surface area contributed by atoms with Crippen molar-refractivity contribution in [3.05, 3.63) is 64.7 Å². The number of anilines is 1. The fourth-order valence-corrected chi connectivity index (χ4v) is 4.99. The number of hydrogen-bond donors (Lipinski definition) is 1. The Hall–Kier alpha value is -3.65. The van der Waals surface area contributed by atoms with Crippen molar-refractivity contribution in [2.24, 2.45) is 0 Å². The van der Waals surface area contributed by atoms with Crippen LogP contribution in [-0.4, -0.2) is 73.8 Å². The SMILES string of the molecule is COc1ccc(/C(O)=C2/C(=O)C(=O)N(CCCN(C)C)C23C(=O)N(C)c2ccccc23)cc1C. The van der Waals surface area contributed by atoms with Crippen molar-refractivity contribution in [1.29, 1.82) is 0 Å². The number of amides is 2. The highest BCUT2D eigenvalue weighted by Gasteiger charge is 2.66. The van der Waals surface area contributed by atoms with Crippen molar-refractivity contribution in [3.8, 4) is 5.75 Å². The summed E-state index contributed by atoms with van der Waals surface area (Å²) in [4.78, 5) is 45.5. The number of nitrogens with zero attached hydrogens (tertiary/aromatic N) is 3. The Morgan fingerprint density at radius 2 is 1.82 bits per heavy atom. The van der Waals surface area contributed by atoms with Gasteiger partial charge in [-0.15, -0.1) is 0 Å². The normalized spacial score (nSPS) is 21.2. The van der Waals surface area contributed by atoms with Crippen LogP contribution in [0, 0.1) is 6.92 Å². The number of aryl methyl sites for hydroxylation is 1. The Bertz CT molecular complexity index is 1220. The lowest BCUT2D eigenvalue weighted by atomic mass is 9.81. The first-order valence-corrected chi connectivity index (χ1v) is 11.1. The molecule has 2 aliphatic rings. The number of aliphatic hydroxyl groups is 1. The van der Waals surface area contributed by atoms with E-state index in [1.54, 1.807) is 56.6 Å². The number of aliphatic hydroxyl groups excluding tert-OH is 1. The Balaban J connectivity index is 1.98. The second kappa shape index (κ2) is 8.61. The van der Waals surface area contributed by atoms with Crippen molar-refractivity contribution >= 4 is 29.0 Å². The highest BCUT2D eigenvalue weighted by atomic mass is 16.5. The van der Waals surface area contributed by atoms with Crippen LogP contribution < -0.4 is 9.64 Å². The average Bonchev–Trinajstić information content (AvgIpc) is 3.17. The molecule has 1 fully saturated rings. The summed E-state index contributed by atoms with van der Waals surface area (Å²) in [6, 6.07) is 12.1. The number of ketones is 1. The highest BCUT2D eigenvalue weighted by molar-refractivity contribution is 6.50. The number of likely N-dealkylation sites (tertiary alicyclic amines) is 1. The molecule has 0 aliphatic carbocycles. The van der Waals surface area contributed by atoms with Crippen molar-refractivity contribution < 1.29 is 24.2 Å². The van der Waals surface area contributed by atoms with E-state index in [-0.39, 0.29) is 17.9 Å². The number of benzene rings is 2. The zero-order chi connectivity index (χ0) is 24.8. The summed E-state index contributed by atoms with van der Waals surface area (Å²) in [5.74, 6) is -1.85. The molecule has 1 unspecified atom stereocenters. The molecule has 34 heavy (non-hydrogen) atoms. The molecule has 0 bridgehead atoms. The van der Waals surface area contributed by atoms with Gasteiger partial charge in [0, 0.05) is 30.4 Å². The van der Waals surface area contributed by atoms with E-state index >= 15 is 0 Å². The number of para-hydroxylation sites is 1. The molecule has 8 nitrogen and oxygen atoms in total. The second-order valence-electron chi connectivity index (χ2n) is 8.94. The van der Waals surface area contributed by atoms with Crippen LogP contribution in [0.1, 0.15) is 23.1 Å². The number of carbonyl (C=O) groups excluding carboxylic acids is 3. The first kappa shape index (κ1) is 23.5. The molecule has 0 aromatic heterocycles. The summed E-state index contributed by atoms with van der Waals surface area (Å²) in [6.45, 7) is 2.67. The van der Waals surface area contributed by atoms with E-state index in [0.29, 0.717) is 35.5 Å². The lowest BCUT2D eigenvalue weighted by Crippen LogP contribution is -2.51. The van der Waals surface area contributed by atoms with Crippen molar-refractivity contribution in [2.45, 2.75) is 18.9 Å². The molecule has 1 saturated heterocycles. The molecule has 8 heteroatoms. The third-order valence-corrected chi connectivity index (χ3v) is 6.59. The summed E-state index contributed by atoms with van der Waals surface area (Å²) < 4.78 is 5.30. The van der Waals surface area contributed by atoms with Crippen LogP contribution in [0.2, 0.25) is 0 Å². The first-order valence-electron chi connectivity index (χ1n) is 11.1. The number of Topliss-reactive ketones (excluding diaryl/α,β-unsaturated/α-hetero) is 1. The maximum atomic E-state index is 13.9. The van der Waals surface area contributed by atoms with E-state index in [1.807, 2.05) is 25.9 Å². The lowest BCUT2D eigenvalue weighted by molar-refractivity contribution is -0.143. The monoisotopic (exact) mass is 463 g/mol. The molecule has 0 saturated carbocycles. The number of likely N-dealkylation sites (N-methyl/N-ethyl adjacent to an activating group) is 1. The molecule has 178 valence electrons. The van der Waals surface area contributed by atoms with E-state index in [4.69, 9.17) is 4.74 Å². The van der Waals surface area contributed by atoms with Crippen LogP contribution in [0.25, 0.3) is 5.76 Å². The number of ether oxygens (including phenoxy) is 1. The van der Waals surface area contributed by atoms with Crippen LogP contribution >= 0.6 is 0 Å². The molecule has 0 radical (unpaired) electrons.